The van der Waals surface area contributed by atoms with Gasteiger partial charge in [0.25, 0.3) is 0 Å². The number of para-hydroxylation sites is 1. The molecule has 2 heterocycles. The first-order valence-corrected chi connectivity index (χ1v) is 7.07. The quantitative estimate of drug-likeness (QED) is 0.681. The monoisotopic (exact) mass is 312 g/mol. The van der Waals surface area contributed by atoms with E-state index < -0.39 is 0 Å². The summed E-state index contributed by atoms with van der Waals surface area (Å²) in [5, 5.41) is 14.0. The number of nitrogens with zero attached hydrogens (tertiary/aromatic N) is 3. The van der Waals surface area contributed by atoms with Gasteiger partial charge in [0.15, 0.2) is 5.82 Å². The zero-order valence-corrected chi connectivity index (χ0v) is 12.8. The second-order valence-electron chi connectivity index (χ2n) is 5.25. The van der Waals surface area contributed by atoms with E-state index in [1.807, 2.05) is 31.2 Å². The maximum Gasteiger partial charge on any atom is 0.246 e. The molecule has 0 fully saturated rings. The second kappa shape index (κ2) is 5.91. The van der Waals surface area contributed by atoms with Crippen molar-refractivity contribution in [3.8, 4) is 0 Å². The number of fused-ring (bicyclic) bond motifs is 1. The lowest BCUT2D eigenvalue weighted by atomic mass is 10.2. The van der Waals surface area contributed by atoms with Crippen LogP contribution in [-0.2, 0) is 16.1 Å². The molecule has 0 bridgehead atoms. The van der Waals surface area contributed by atoms with Gasteiger partial charge in [0, 0.05) is 18.0 Å². The minimum Gasteiger partial charge on any atom is -0.357 e. The zero-order chi connectivity index (χ0) is 16.4. The van der Waals surface area contributed by atoms with Crippen LogP contribution in [0.4, 0.5) is 11.5 Å². The van der Waals surface area contributed by atoms with Crippen molar-refractivity contribution in [1.82, 2.24) is 20.0 Å². The molecule has 23 heavy (non-hydrogen) atoms. The maximum atomic E-state index is 12.2. The van der Waals surface area contributed by atoms with Gasteiger partial charge in [0.05, 0.1) is 17.4 Å². The molecule has 0 aliphatic rings. The van der Waals surface area contributed by atoms with Crippen LogP contribution in [0.5, 0.6) is 0 Å². The first-order valence-electron chi connectivity index (χ1n) is 7.07. The molecule has 0 aliphatic heterocycles. The van der Waals surface area contributed by atoms with E-state index in [1.54, 1.807) is 0 Å². The molecular formula is C15H16N6O2. The molecule has 3 aromatic rings. The molecule has 3 rings (SSSR count). The van der Waals surface area contributed by atoms with E-state index in [2.05, 4.69) is 25.9 Å². The summed E-state index contributed by atoms with van der Waals surface area (Å²) in [5.74, 6) is -0.160. The number of aromatic amines is 1. The van der Waals surface area contributed by atoms with Crippen molar-refractivity contribution in [3.05, 3.63) is 36.2 Å². The van der Waals surface area contributed by atoms with Crippen molar-refractivity contribution in [2.75, 3.05) is 10.6 Å². The molecule has 0 saturated carbocycles. The number of aromatic nitrogens is 4. The highest BCUT2D eigenvalue weighted by molar-refractivity contribution is 6.00. The SMILES string of the molecule is CC(=O)Nc1cn(CC(=O)Nc2cccc3cc(C)[nH]c23)nn1. The van der Waals surface area contributed by atoms with Gasteiger partial charge in [-0.2, -0.15) is 0 Å². The van der Waals surface area contributed by atoms with Crippen LogP contribution in [0.2, 0.25) is 0 Å². The van der Waals surface area contributed by atoms with E-state index in [1.165, 1.54) is 17.8 Å². The number of hydrogen-bond donors (Lipinski definition) is 3. The molecule has 0 aliphatic carbocycles. The number of amides is 2. The number of hydrogen-bond acceptors (Lipinski definition) is 4. The number of benzene rings is 1. The predicted molar refractivity (Wildman–Crippen MR) is 86.0 cm³/mol. The highest BCUT2D eigenvalue weighted by Crippen LogP contribution is 2.23. The minimum absolute atomic E-state index is 0.00264. The Morgan fingerprint density at radius 3 is 2.91 bits per heavy atom. The number of carbonyl (C=O) groups excluding carboxylic acids is 2. The molecule has 0 saturated heterocycles. The standard InChI is InChI=1S/C15H16N6O2/c1-9-6-11-4-3-5-12(15(11)16-9)18-14(23)8-21-7-13(19-20-21)17-10(2)22/h3-7,16H,8H2,1-2H3,(H,17,22)(H,18,23). The van der Waals surface area contributed by atoms with Crippen LogP contribution in [0, 0.1) is 6.92 Å². The van der Waals surface area contributed by atoms with Gasteiger partial charge < -0.3 is 15.6 Å². The van der Waals surface area contributed by atoms with Gasteiger partial charge in [-0.25, -0.2) is 4.68 Å². The summed E-state index contributed by atoms with van der Waals surface area (Å²) in [6.45, 7) is 3.35. The summed E-state index contributed by atoms with van der Waals surface area (Å²) < 4.78 is 1.36. The predicted octanol–water partition coefficient (Wildman–Crippen LogP) is 1.66. The average molecular weight is 312 g/mol. The fraction of sp³-hybridized carbons (Fsp3) is 0.200. The molecule has 8 heteroatoms. The first kappa shape index (κ1) is 14.8. The molecule has 2 amide bonds. The largest absolute Gasteiger partial charge is 0.357 e. The number of anilines is 2. The zero-order valence-electron chi connectivity index (χ0n) is 12.8. The van der Waals surface area contributed by atoms with Gasteiger partial charge in [0.1, 0.15) is 6.54 Å². The van der Waals surface area contributed by atoms with Crippen molar-refractivity contribution in [3.63, 3.8) is 0 Å². The van der Waals surface area contributed by atoms with E-state index in [9.17, 15) is 9.59 Å². The minimum atomic E-state index is -0.240. The maximum absolute atomic E-state index is 12.2. The van der Waals surface area contributed by atoms with Gasteiger partial charge in [-0.15, -0.1) is 5.10 Å². The Morgan fingerprint density at radius 1 is 1.30 bits per heavy atom. The van der Waals surface area contributed by atoms with Crippen LogP contribution in [0.1, 0.15) is 12.6 Å². The molecule has 0 unspecified atom stereocenters. The van der Waals surface area contributed by atoms with Crippen molar-refractivity contribution in [1.29, 1.82) is 0 Å². The molecule has 0 radical (unpaired) electrons. The molecule has 8 nitrogen and oxygen atoms in total. The number of rotatable bonds is 4. The van der Waals surface area contributed by atoms with Crippen LogP contribution < -0.4 is 10.6 Å². The van der Waals surface area contributed by atoms with Gasteiger partial charge >= 0.3 is 0 Å². The third-order valence-electron chi connectivity index (χ3n) is 3.21. The lowest BCUT2D eigenvalue weighted by Gasteiger charge is -2.06. The molecule has 118 valence electrons. The molecule has 0 spiro atoms. The van der Waals surface area contributed by atoms with Crippen molar-refractivity contribution >= 4 is 34.2 Å². The molecule has 2 aromatic heterocycles. The Labute approximate surface area is 131 Å². The van der Waals surface area contributed by atoms with E-state index in [4.69, 9.17) is 0 Å². The summed E-state index contributed by atoms with van der Waals surface area (Å²) in [5.41, 5.74) is 2.62. The normalized spacial score (nSPS) is 10.7. The van der Waals surface area contributed by atoms with Crippen LogP contribution in [0.3, 0.4) is 0 Å². The second-order valence-corrected chi connectivity index (χ2v) is 5.25. The fourth-order valence-electron chi connectivity index (χ4n) is 2.35. The third kappa shape index (κ3) is 3.37. The van der Waals surface area contributed by atoms with E-state index in [0.717, 1.165) is 16.6 Å². The Balaban J connectivity index is 1.71. The van der Waals surface area contributed by atoms with Crippen molar-refractivity contribution in [2.24, 2.45) is 0 Å². The number of aryl methyl sites for hydroxylation is 1. The van der Waals surface area contributed by atoms with Gasteiger partial charge in [-0.1, -0.05) is 17.3 Å². The van der Waals surface area contributed by atoms with E-state index in [0.29, 0.717) is 11.5 Å². The van der Waals surface area contributed by atoms with Gasteiger partial charge in [-0.05, 0) is 19.1 Å². The Bertz CT molecular complexity index is 879. The Morgan fingerprint density at radius 2 is 2.13 bits per heavy atom. The summed E-state index contributed by atoms with van der Waals surface area (Å²) >= 11 is 0. The molecule has 3 N–H and O–H groups in total. The number of carbonyl (C=O) groups is 2. The summed E-state index contributed by atoms with van der Waals surface area (Å²) in [6, 6.07) is 7.71. The average Bonchev–Trinajstić information content (AvgIpc) is 3.04. The molecular weight excluding hydrogens is 296 g/mol. The van der Waals surface area contributed by atoms with E-state index in [-0.39, 0.29) is 18.4 Å². The third-order valence-corrected chi connectivity index (χ3v) is 3.21. The number of H-pyrrole nitrogens is 1. The topological polar surface area (TPSA) is 105 Å². The van der Waals surface area contributed by atoms with Gasteiger partial charge in [0.2, 0.25) is 11.8 Å². The van der Waals surface area contributed by atoms with Crippen LogP contribution in [-0.4, -0.2) is 31.8 Å². The fourth-order valence-corrected chi connectivity index (χ4v) is 2.35. The highest BCUT2D eigenvalue weighted by Gasteiger charge is 2.10. The summed E-state index contributed by atoms with van der Waals surface area (Å²) in [6.07, 6.45) is 1.50. The van der Waals surface area contributed by atoms with Crippen LogP contribution in [0.15, 0.2) is 30.5 Å². The molecule has 1 aromatic carbocycles. The van der Waals surface area contributed by atoms with Crippen LogP contribution in [0.25, 0.3) is 10.9 Å². The summed E-state index contributed by atoms with van der Waals surface area (Å²) in [7, 11) is 0. The smallest absolute Gasteiger partial charge is 0.246 e. The van der Waals surface area contributed by atoms with Crippen molar-refractivity contribution < 1.29 is 9.59 Å². The molecule has 0 atom stereocenters. The number of nitrogens with one attached hydrogen (secondary N) is 3. The Hall–Kier alpha value is -3.16. The van der Waals surface area contributed by atoms with Gasteiger partial charge in [-0.3, -0.25) is 9.59 Å². The lowest BCUT2D eigenvalue weighted by Crippen LogP contribution is -2.19. The van der Waals surface area contributed by atoms with E-state index >= 15 is 0 Å². The lowest BCUT2D eigenvalue weighted by molar-refractivity contribution is -0.117. The highest BCUT2D eigenvalue weighted by atomic mass is 16.2. The summed E-state index contributed by atoms with van der Waals surface area (Å²) in [4.78, 5) is 26.3. The Kier molecular flexibility index (Phi) is 3.80. The van der Waals surface area contributed by atoms with Crippen LogP contribution >= 0.6 is 0 Å². The van der Waals surface area contributed by atoms with Crippen molar-refractivity contribution in [2.45, 2.75) is 20.4 Å². The first-order chi connectivity index (χ1) is 11.0.